The summed E-state index contributed by atoms with van der Waals surface area (Å²) in [6, 6.07) is 0. The predicted octanol–water partition coefficient (Wildman–Crippen LogP) is 8.08. The first-order valence-corrected chi connectivity index (χ1v) is 12.9. The molecule has 1 saturated heterocycles. The van der Waals surface area contributed by atoms with Crippen LogP contribution in [0.2, 0.25) is 0 Å². The van der Waals surface area contributed by atoms with E-state index in [4.69, 9.17) is 0 Å². The van der Waals surface area contributed by atoms with Crippen molar-refractivity contribution in [1.82, 2.24) is 0 Å². The molecule has 1 fully saturated rings. The zero-order chi connectivity index (χ0) is 19.6. The van der Waals surface area contributed by atoms with E-state index in [0.29, 0.717) is 6.42 Å². The molecule has 160 valence electrons. The van der Waals surface area contributed by atoms with Crippen molar-refractivity contribution in [2.75, 3.05) is 7.11 Å². The topological polar surface area (TPSA) is 26.3 Å². The molecule has 0 radical (unpaired) electrons. The number of thioether (sulfide) groups is 1. The maximum absolute atomic E-state index is 11.0. The molecule has 2 nitrogen and oxygen atoms in total. The van der Waals surface area contributed by atoms with Gasteiger partial charge in [-0.3, -0.25) is 4.79 Å². The molecule has 0 bridgehead atoms. The van der Waals surface area contributed by atoms with Crippen LogP contribution >= 0.6 is 11.8 Å². The van der Waals surface area contributed by atoms with Crippen molar-refractivity contribution in [3.8, 4) is 0 Å². The van der Waals surface area contributed by atoms with Crippen molar-refractivity contribution < 1.29 is 9.53 Å². The molecule has 1 heterocycles. The van der Waals surface area contributed by atoms with Crippen LogP contribution in [0.1, 0.15) is 129 Å². The second kappa shape index (κ2) is 17.9. The Morgan fingerprint density at radius 3 is 1.52 bits per heavy atom. The van der Waals surface area contributed by atoms with E-state index in [0.717, 1.165) is 16.9 Å². The second-order valence-corrected chi connectivity index (χ2v) is 9.90. The standard InChI is InChI=1S/C24H46O2S/c1-3-4-5-13-16-19-22-23(27-22)20-17-14-11-9-7-6-8-10-12-15-18-21-24(25)26-2/h22-23H,3-21H2,1-2H3. The molecule has 1 aliphatic rings. The first kappa shape index (κ1) is 24.9. The summed E-state index contributed by atoms with van der Waals surface area (Å²) in [6.45, 7) is 2.30. The van der Waals surface area contributed by atoms with E-state index in [2.05, 4.69) is 23.4 Å². The summed E-state index contributed by atoms with van der Waals surface area (Å²) in [7, 11) is 1.47. The van der Waals surface area contributed by atoms with Gasteiger partial charge in [0.15, 0.2) is 0 Å². The lowest BCUT2D eigenvalue weighted by atomic mass is 10.0. The number of hydrogen-bond acceptors (Lipinski definition) is 3. The Hall–Kier alpha value is -0.180. The third-order valence-corrected chi connectivity index (χ3v) is 7.39. The monoisotopic (exact) mass is 398 g/mol. The zero-order valence-corrected chi connectivity index (χ0v) is 19.1. The van der Waals surface area contributed by atoms with E-state index in [-0.39, 0.29) is 5.97 Å². The number of carbonyl (C=O) groups excluding carboxylic acids is 1. The van der Waals surface area contributed by atoms with Gasteiger partial charge in [0.05, 0.1) is 7.11 Å². The van der Waals surface area contributed by atoms with Crippen LogP contribution in [0.5, 0.6) is 0 Å². The first-order chi connectivity index (χ1) is 13.3. The van der Waals surface area contributed by atoms with Gasteiger partial charge in [0, 0.05) is 16.9 Å². The number of carbonyl (C=O) groups is 1. The van der Waals surface area contributed by atoms with Gasteiger partial charge in [0.25, 0.3) is 0 Å². The van der Waals surface area contributed by atoms with Gasteiger partial charge < -0.3 is 4.74 Å². The minimum absolute atomic E-state index is 0.0618. The van der Waals surface area contributed by atoms with Crippen molar-refractivity contribution in [1.29, 1.82) is 0 Å². The fourth-order valence-electron chi connectivity index (χ4n) is 3.94. The summed E-state index contributed by atoms with van der Waals surface area (Å²) < 4.78 is 4.66. The van der Waals surface area contributed by atoms with Crippen LogP contribution in [-0.2, 0) is 9.53 Å². The van der Waals surface area contributed by atoms with Crippen LogP contribution in [0.3, 0.4) is 0 Å². The van der Waals surface area contributed by atoms with E-state index < -0.39 is 0 Å². The lowest BCUT2D eigenvalue weighted by Crippen LogP contribution is -1.99. The molecular weight excluding hydrogens is 352 g/mol. The molecule has 0 amide bonds. The van der Waals surface area contributed by atoms with Crippen LogP contribution in [0.4, 0.5) is 0 Å². The third kappa shape index (κ3) is 15.4. The Kier molecular flexibility index (Phi) is 16.5. The van der Waals surface area contributed by atoms with E-state index in [1.807, 2.05) is 0 Å². The van der Waals surface area contributed by atoms with Crippen LogP contribution in [-0.4, -0.2) is 23.6 Å². The Labute approximate surface area is 174 Å². The normalized spacial score (nSPS) is 18.6. The summed E-state index contributed by atoms with van der Waals surface area (Å²) in [6.07, 6.45) is 25.5. The fraction of sp³-hybridized carbons (Fsp3) is 0.958. The molecule has 0 aromatic heterocycles. The Morgan fingerprint density at radius 1 is 0.667 bits per heavy atom. The van der Waals surface area contributed by atoms with Gasteiger partial charge in [-0.25, -0.2) is 0 Å². The highest BCUT2D eigenvalue weighted by Crippen LogP contribution is 2.47. The highest BCUT2D eigenvalue weighted by Gasteiger charge is 2.36. The number of rotatable bonds is 20. The van der Waals surface area contributed by atoms with Gasteiger partial charge in [0.1, 0.15) is 0 Å². The molecule has 1 aliphatic heterocycles. The number of unbranched alkanes of at least 4 members (excludes halogenated alkanes) is 14. The molecule has 0 N–H and O–H groups in total. The SMILES string of the molecule is CCCCCCCC1SC1CCCCCCCCCCCCCC(=O)OC. The Bertz CT molecular complexity index is 345. The maximum atomic E-state index is 11.0. The molecule has 0 saturated carbocycles. The van der Waals surface area contributed by atoms with Crippen LogP contribution in [0, 0.1) is 0 Å². The van der Waals surface area contributed by atoms with Crippen molar-refractivity contribution in [3.63, 3.8) is 0 Å². The number of methoxy groups -OCH3 is 1. The second-order valence-electron chi connectivity index (χ2n) is 8.42. The minimum atomic E-state index is -0.0618. The van der Waals surface area contributed by atoms with Gasteiger partial charge in [-0.2, -0.15) is 11.8 Å². The molecule has 0 spiro atoms. The van der Waals surface area contributed by atoms with Crippen LogP contribution in [0.25, 0.3) is 0 Å². The average Bonchev–Trinajstić information content (AvgIpc) is 3.43. The summed E-state index contributed by atoms with van der Waals surface area (Å²) in [5, 5.41) is 2.05. The van der Waals surface area contributed by atoms with E-state index in [1.165, 1.54) is 116 Å². The lowest BCUT2D eigenvalue weighted by Gasteiger charge is -2.03. The number of esters is 1. The first-order valence-electron chi connectivity index (χ1n) is 12.0. The molecule has 1 rings (SSSR count). The van der Waals surface area contributed by atoms with Gasteiger partial charge in [-0.1, -0.05) is 103 Å². The van der Waals surface area contributed by atoms with Crippen molar-refractivity contribution in [2.45, 2.75) is 139 Å². The Balaban J connectivity index is 1.70. The average molecular weight is 399 g/mol. The van der Waals surface area contributed by atoms with E-state index >= 15 is 0 Å². The van der Waals surface area contributed by atoms with Gasteiger partial charge in [-0.05, 0) is 19.3 Å². The van der Waals surface area contributed by atoms with E-state index in [1.54, 1.807) is 0 Å². The molecule has 27 heavy (non-hydrogen) atoms. The van der Waals surface area contributed by atoms with Crippen molar-refractivity contribution in [3.05, 3.63) is 0 Å². The molecule has 2 unspecified atom stereocenters. The maximum Gasteiger partial charge on any atom is 0.305 e. The van der Waals surface area contributed by atoms with Crippen molar-refractivity contribution >= 4 is 17.7 Å². The van der Waals surface area contributed by atoms with Gasteiger partial charge >= 0.3 is 5.97 Å². The highest BCUT2D eigenvalue weighted by molar-refractivity contribution is 8.07. The smallest absolute Gasteiger partial charge is 0.305 e. The molecule has 0 aromatic carbocycles. The molecule has 2 atom stereocenters. The largest absolute Gasteiger partial charge is 0.469 e. The molecule has 0 aromatic rings. The molecule has 0 aliphatic carbocycles. The van der Waals surface area contributed by atoms with E-state index in [9.17, 15) is 4.79 Å². The molecule has 3 heteroatoms. The van der Waals surface area contributed by atoms with Crippen molar-refractivity contribution in [2.24, 2.45) is 0 Å². The highest BCUT2D eigenvalue weighted by atomic mass is 32.2. The van der Waals surface area contributed by atoms with Gasteiger partial charge in [-0.15, -0.1) is 0 Å². The predicted molar refractivity (Wildman–Crippen MR) is 121 cm³/mol. The fourth-order valence-corrected chi connectivity index (χ4v) is 5.18. The number of ether oxygens (including phenoxy) is 1. The van der Waals surface area contributed by atoms with Gasteiger partial charge in [0.2, 0.25) is 0 Å². The summed E-state index contributed by atoms with van der Waals surface area (Å²) in [4.78, 5) is 11.0. The summed E-state index contributed by atoms with van der Waals surface area (Å²) in [5.74, 6) is -0.0618. The zero-order valence-electron chi connectivity index (χ0n) is 18.3. The summed E-state index contributed by atoms with van der Waals surface area (Å²) in [5.41, 5.74) is 0. The van der Waals surface area contributed by atoms with Crippen LogP contribution in [0.15, 0.2) is 0 Å². The number of hydrogen-bond donors (Lipinski definition) is 0. The molecular formula is C24H46O2S. The third-order valence-electron chi connectivity index (χ3n) is 5.88. The quantitative estimate of drug-likeness (QED) is 0.118. The van der Waals surface area contributed by atoms with Crippen LogP contribution < -0.4 is 0 Å². The summed E-state index contributed by atoms with van der Waals surface area (Å²) >= 11 is 2.26. The Morgan fingerprint density at radius 2 is 1.07 bits per heavy atom. The minimum Gasteiger partial charge on any atom is -0.469 e. The lowest BCUT2D eigenvalue weighted by molar-refractivity contribution is -0.140.